The van der Waals surface area contributed by atoms with Gasteiger partial charge in [-0.1, -0.05) is 6.07 Å². The molecule has 1 aromatic heterocycles. The standard InChI is InChI=1S/C12H9Br2FINS/c1-17-11(8-5-10(13)18-12(8)14)7-3-2-6(15)4-9(7)16/h2-5,11,17H,1H3. The lowest BCUT2D eigenvalue weighted by molar-refractivity contribution is 0.621. The predicted molar refractivity (Wildman–Crippen MR) is 89.7 cm³/mol. The number of hydrogen-bond donors (Lipinski definition) is 1. The Hall–Kier alpha value is 0.500. The molecule has 2 rings (SSSR count). The Bertz CT molecular complexity index is 573. The Kier molecular flexibility index (Phi) is 5.21. The predicted octanol–water partition coefficient (Wildman–Crippen LogP) is 5.33. The molecule has 1 heterocycles. The van der Waals surface area contributed by atoms with E-state index in [1.54, 1.807) is 17.4 Å². The topological polar surface area (TPSA) is 12.0 Å². The number of nitrogens with one attached hydrogen (secondary N) is 1. The normalized spacial score (nSPS) is 12.7. The van der Waals surface area contributed by atoms with Gasteiger partial charge in [0.1, 0.15) is 5.82 Å². The van der Waals surface area contributed by atoms with Crippen LogP contribution in [0.15, 0.2) is 31.8 Å². The summed E-state index contributed by atoms with van der Waals surface area (Å²) in [4.78, 5) is 0. The van der Waals surface area contributed by atoms with Crippen molar-refractivity contribution >= 4 is 65.8 Å². The molecule has 0 saturated heterocycles. The van der Waals surface area contributed by atoms with Gasteiger partial charge in [-0.05, 0) is 90.8 Å². The number of thiophene rings is 1. The Morgan fingerprint density at radius 3 is 2.50 bits per heavy atom. The first-order chi connectivity index (χ1) is 8.52. The minimum absolute atomic E-state index is 0.0504. The zero-order chi connectivity index (χ0) is 13.3. The van der Waals surface area contributed by atoms with Crippen LogP contribution in [0.5, 0.6) is 0 Å². The summed E-state index contributed by atoms with van der Waals surface area (Å²) in [5, 5.41) is 3.28. The van der Waals surface area contributed by atoms with Crippen molar-refractivity contribution in [2.75, 3.05) is 7.05 Å². The van der Waals surface area contributed by atoms with Gasteiger partial charge in [-0.2, -0.15) is 0 Å². The van der Waals surface area contributed by atoms with Crippen molar-refractivity contribution in [3.05, 3.63) is 52.4 Å². The van der Waals surface area contributed by atoms with Crippen LogP contribution >= 0.6 is 65.8 Å². The molecule has 1 atom stereocenters. The van der Waals surface area contributed by atoms with Crippen molar-refractivity contribution in [3.8, 4) is 0 Å². The first-order valence-corrected chi connectivity index (χ1v) is 8.58. The van der Waals surface area contributed by atoms with Crippen LogP contribution in [0.1, 0.15) is 17.2 Å². The van der Waals surface area contributed by atoms with Crippen LogP contribution in [0, 0.1) is 9.39 Å². The molecule has 0 fully saturated rings. The zero-order valence-corrected chi connectivity index (χ0v) is 15.5. The molecule has 0 saturated carbocycles. The summed E-state index contributed by atoms with van der Waals surface area (Å²) < 4.78 is 16.2. The summed E-state index contributed by atoms with van der Waals surface area (Å²) >= 11 is 10.8. The fourth-order valence-electron chi connectivity index (χ4n) is 1.76. The van der Waals surface area contributed by atoms with Gasteiger partial charge in [-0.25, -0.2) is 4.39 Å². The molecule has 1 unspecified atom stereocenters. The number of hydrogen-bond acceptors (Lipinski definition) is 2. The molecule has 96 valence electrons. The maximum Gasteiger partial charge on any atom is 0.124 e. The first kappa shape index (κ1) is 14.9. The van der Waals surface area contributed by atoms with Crippen molar-refractivity contribution in [1.82, 2.24) is 5.32 Å². The highest BCUT2D eigenvalue weighted by Crippen LogP contribution is 2.38. The van der Waals surface area contributed by atoms with Crippen LogP contribution < -0.4 is 5.32 Å². The van der Waals surface area contributed by atoms with E-state index in [1.165, 1.54) is 6.07 Å². The zero-order valence-electron chi connectivity index (χ0n) is 9.31. The molecule has 1 N–H and O–H groups in total. The average Bonchev–Trinajstić information content (AvgIpc) is 2.62. The molecule has 0 spiro atoms. The average molecular weight is 505 g/mol. The molecule has 18 heavy (non-hydrogen) atoms. The smallest absolute Gasteiger partial charge is 0.124 e. The quantitative estimate of drug-likeness (QED) is 0.557. The molecular weight excluding hydrogens is 496 g/mol. The van der Waals surface area contributed by atoms with E-state index in [1.807, 2.05) is 13.1 Å². The molecular formula is C12H9Br2FINS. The molecule has 1 aromatic carbocycles. The van der Waals surface area contributed by atoms with Crippen molar-refractivity contribution < 1.29 is 4.39 Å². The molecule has 0 aliphatic heterocycles. The molecule has 0 amide bonds. The Balaban J connectivity index is 2.48. The van der Waals surface area contributed by atoms with E-state index >= 15 is 0 Å². The van der Waals surface area contributed by atoms with Crippen molar-refractivity contribution in [2.24, 2.45) is 0 Å². The van der Waals surface area contributed by atoms with Crippen LogP contribution in [0.2, 0.25) is 0 Å². The Labute approximate surface area is 140 Å². The highest BCUT2D eigenvalue weighted by molar-refractivity contribution is 14.1. The third-order valence-electron chi connectivity index (χ3n) is 2.56. The summed E-state index contributed by atoms with van der Waals surface area (Å²) in [5.41, 5.74) is 2.23. The van der Waals surface area contributed by atoms with Gasteiger partial charge in [0.25, 0.3) is 0 Å². The van der Waals surface area contributed by atoms with Crippen LogP contribution in [-0.4, -0.2) is 7.05 Å². The number of halogens is 4. The lowest BCUT2D eigenvalue weighted by atomic mass is 10.0. The van der Waals surface area contributed by atoms with E-state index in [0.29, 0.717) is 0 Å². The van der Waals surface area contributed by atoms with E-state index in [9.17, 15) is 4.39 Å². The number of benzene rings is 1. The van der Waals surface area contributed by atoms with E-state index in [4.69, 9.17) is 0 Å². The third kappa shape index (κ3) is 3.15. The highest BCUT2D eigenvalue weighted by atomic mass is 127. The van der Waals surface area contributed by atoms with Crippen molar-refractivity contribution in [3.63, 3.8) is 0 Å². The fraction of sp³-hybridized carbons (Fsp3) is 0.167. The maximum absolute atomic E-state index is 13.2. The second-order valence-corrected chi connectivity index (χ2v) is 8.58. The lowest BCUT2D eigenvalue weighted by Crippen LogP contribution is -2.18. The lowest BCUT2D eigenvalue weighted by Gasteiger charge is -2.18. The van der Waals surface area contributed by atoms with Gasteiger partial charge < -0.3 is 5.32 Å². The highest BCUT2D eigenvalue weighted by Gasteiger charge is 2.19. The summed E-state index contributed by atoms with van der Waals surface area (Å²) in [5.74, 6) is -0.205. The van der Waals surface area contributed by atoms with Gasteiger partial charge in [-0.15, -0.1) is 11.3 Å². The molecule has 1 nitrogen and oxygen atoms in total. The van der Waals surface area contributed by atoms with Gasteiger partial charge in [0.05, 0.1) is 13.6 Å². The fourth-order valence-corrected chi connectivity index (χ4v) is 5.45. The van der Waals surface area contributed by atoms with Gasteiger partial charge in [-0.3, -0.25) is 0 Å². The molecule has 0 aliphatic rings. The SMILES string of the molecule is CNC(c1ccc(F)cc1I)c1cc(Br)sc1Br. The monoisotopic (exact) mass is 503 g/mol. The summed E-state index contributed by atoms with van der Waals surface area (Å²) in [6.45, 7) is 0. The van der Waals surface area contributed by atoms with Crippen molar-refractivity contribution in [1.29, 1.82) is 0 Å². The van der Waals surface area contributed by atoms with Crippen LogP contribution in [0.25, 0.3) is 0 Å². The second-order valence-electron chi connectivity index (χ2n) is 3.67. The largest absolute Gasteiger partial charge is 0.309 e. The van der Waals surface area contributed by atoms with Crippen LogP contribution in [-0.2, 0) is 0 Å². The van der Waals surface area contributed by atoms with Gasteiger partial charge in [0.15, 0.2) is 0 Å². The van der Waals surface area contributed by atoms with Crippen molar-refractivity contribution in [2.45, 2.75) is 6.04 Å². The van der Waals surface area contributed by atoms with Crippen LogP contribution in [0.4, 0.5) is 4.39 Å². The molecule has 6 heteroatoms. The first-order valence-electron chi connectivity index (χ1n) is 5.10. The summed E-state index contributed by atoms with van der Waals surface area (Å²) in [6, 6.07) is 7.01. The van der Waals surface area contributed by atoms with E-state index in [-0.39, 0.29) is 11.9 Å². The van der Waals surface area contributed by atoms with Gasteiger partial charge in [0, 0.05) is 3.57 Å². The summed E-state index contributed by atoms with van der Waals surface area (Å²) in [6.07, 6.45) is 0. The van der Waals surface area contributed by atoms with E-state index < -0.39 is 0 Å². The van der Waals surface area contributed by atoms with Gasteiger partial charge in [0.2, 0.25) is 0 Å². The minimum Gasteiger partial charge on any atom is -0.309 e. The minimum atomic E-state index is -0.205. The second kappa shape index (κ2) is 6.30. The Morgan fingerprint density at radius 1 is 1.28 bits per heavy atom. The Morgan fingerprint density at radius 2 is 2.00 bits per heavy atom. The van der Waals surface area contributed by atoms with E-state index in [2.05, 4.69) is 65.8 Å². The molecule has 0 radical (unpaired) electrons. The third-order valence-corrected chi connectivity index (χ3v) is 5.88. The molecule has 0 aliphatic carbocycles. The van der Waals surface area contributed by atoms with Gasteiger partial charge >= 0.3 is 0 Å². The van der Waals surface area contributed by atoms with Crippen LogP contribution in [0.3, 0.4) is 0 Å². The molecule has 2 aromatic rings. The van der Waals surface area contributed by atoms with E-state index in [0.717, 1.165) is 22.3 Å². The number of rotatable bonds is 3. The molecule has 0 bridgehead atoms. The summed E-state index contributed by atoms with van der Waals surface area (Å²) in [7, 11) is 1.90. The maximum atomic E-state index is 13.2.